The Morgan fingerprint density at radius 1 is 1.65 bits per heavy atom. The molecule has 0 radical (unpaired) electrons. The van der Waals surface area contributed by atoms with E-state index in [0.29, 0.717) is 6.04 Å². The van der Waals surface area contributed by atoms with Crippen LogP contribution in [0, 0.1) is 0 Å². The Labute approximate surface area is 115 Å². The summed E-state index contributed by atoms with van der Waals surface area (Å²) < 4.78 is 6.34. The monoisotopic (exact) mass is 318 g/mol. The summed E-state index contributed by atoms with van der Waals surface area (Å²) in [7, 11) is 1.75. The molecule has 0 aliphatic carbocycles. The van der Waals surface area contributed by atoms with Crippen molar-refractivity contribution in [2.75, 3.05) is 26.8 Å². The van der Waals surface area contributed by atoms with Gasteiger partial charge in [-0.2, -0.15) is 0 Å². The Bertz CT molecular complexity index is 358. The predicted octanol–water partition coefficient (Wildman–Crippen LogP) is 2.62. The van der Waals surface area contributed by atoms with Crippen molar-refractivity contribution in [1.29, 1.82) is 0 Å². The standard InChI is InChI=1S/C12H19BrN2OS/c1-16-6-5-15-4-2-3-10(14)12(15)11-7-9(13)8-17-11/h7-8,10,12H,2-6,14H2,1H3. The van der Waals surface area contributed by atoms with E-state index >= 15 is 0 Å². The van der Waals surface area contributed by atoms with Crippen LogP contribution in [-0.2, 0) is 4.74 Å². The van der Waals surface area contributed by atoms with Gasteiger partial charge in [0.1, 0.15) is 0 Å². The van der Waals surface area contributed by atoms with Crippen LogP contribution in [0.15, 0.2) is 15.9 Å². The number of piperidine rings is 1. The summed E-state index contributed by atoms with van der Waals surface area (Å²) in [6.07, 6.45) is 2.30. The molecule has 17 heavy (non-hydrogen) atoms. The summed E-state index contributed by atoms with van der Waals surface area (Å²) in [5.74, 6) is 0. The number of likely N-dealkylation sites (tertiary alicyclic amines) is 1. The van der Waals surface area contributed by atoms with Crippen LogP contribution in [0.25, 0.3) is 0 Å². The zero-order valence-corrected chi connectivity index (χ0v) is 12.5. The molecule has 2 atom stereocenters. The summed E-state index contributed by atoms with van der Waals surface area (Å²) >= 11 is 5.31. The van der Waals surface area contributed by atoms with Gasteiger partial charge in [0.25, 0.3) is 0 Å². The highest BCUT2D eigenvalue weighted by Gasteiger charge is 2.30. The molecule has 2 N–H and O–H groups in total. The van der Waals surface area contributed by atoms with E-state index < -0.39 is 0 Å². The average Bonchev–Trinajstić information content (AvgIpc) is 2.73. The minimum Gasteiger partial charge on any atom is -0.383 e. The van der Waals surface area contributed by atoms with Gasteiger partial charge < -0.3 is 10.5 Å². The number of thiophene rings is 1. The van der Waals surface area contributed by atoms with Crippen molar-refractivity contribution < 1.29 is 4.74 Å². The van der Waals surface area contributed by atoms with E-state index in [0.717, 1.165) is 30.6 Å². The van der Waals surface area contributed by atoms with Gasteiger partial charge in [-0.25, -0.2) is 0 Å². The van der Waals surface area contributed by atoms with Crippen LogP contribution in [0.4, 0.5) is 0 Å². The molecular weight excluding hydrogens is 300 g/mol. The van der Waals surface area contributed by atoms with Gasteiger partial charge in [0.15, 0.2) is 0 Å². The van der Waals surface area contributed by atoms with Gasteiger partial charge in [-0.1, -0.05) is 0 Å². The van der Waals surface area contributed by atoms with Gasteiger partial charge in [0, 0.05) is 34.4 Å². The number of nitrogens with zero attached hydrogens (tertiary/aromatic N) is 1. The molecule has 2 rings (SSSR count). The van der Waals surface area contributed by atoms with Crippen LogP contribution in [-0.4, -0.2) is 37.7 Å². The Kier molecular flexibility index (Phi) is 4.99. The summed E-state index contributed by atoms with van der Waals surface area (Å²) in [4.78, 5) is 3.82. The average molecular weight is 319 g/mol. The summed E-state index contributed by atoms with van der Waals surface area (Å²) in [5.41, 5.74) is 6.29. The normalized spacial score (nSPS) is 26.3. The smallest absolute Gasteiger partial charge is 0.0594 e. The molecule has 3 nitrogen and oxygen atoms in total. The van der Waals surface area contributed by atoms with Crippen molar-refractivity contribution in [3.05, 3.63) is 20.8 Å². The van der Waals surface area contributed by atoms with Gasteiger partial charge in [-0.3, -0.25) is 4.90 Å². The fraction of sp³-hybridized carbons (Fsp3) is 0.667. The van der Waals surface area contributed by atoms with Gasteiger partial charge >= 0.3 is 0 Å². The number of hydrogen-bond acceptors (Lipinski definition) is 4. The minimum atomic E-state index is 0.242. The first-order chi connectivity index (χ1) is 8.22. The quantitative estimate of drug-likeness (QED) is 0.927. The predicted molar refractivity (Wildman–Crippen MR) is 75.4 cm³/mol. The van der Waals surface area contributed by atoms with Gasteiger partial charge in [-0.05, 0) is 41.4 Å². The third kappa shape index (κ3) is 3.29. The second-order valence-electron chi connectivity index (χ2n) is 4.45. The summed E-state index contributed by atoms with van der Waals surface area (Å²) in [5, 5.41) is 2.13. The van der Waals surface area contributed by atoms with E-state index in [1.807, 2.05) is 0 Å². The molecule has 5 heteroatoms. The molecule has 0 spiro atoms. The first kappa shape index (κ1) is 13.5. The molecule has 0 bridgehead atoms. The third-order valence-electron chi connectivity index (χ3n) is 3.24. The third-order valence-corrected chi connectivity index (χ3v) is 5.01. The molecule has 0 amide bonds. The van der Waals surface area contributed by atoms with E-state index in [-0.39, 0.29) is 6.04 Å². The number of ether oxygens (including phenoxy) is 1. The highest BCUT2D eigenvalue weighted by atomic mass is 79.9. The minimum absolute atomic E-state index is 0.242. The molecule has 96 valence electrons. The molecule has 1 aromatic heterocycles. The molecule has 1 fully saturated rings. The van der Waals surface area contributed by atoms with Crippen LogP contribution in [0.3, 0.4) is 0 Å². The van der Waals surface area contributed by atoms with Gasteiger partial charge in [0.05, 0.1) is 12.6 Å². The molecular formula is C12H19BrN2OS. The van der Waals surface area contributed by atoms with Crippen LogP contribution < -0.4 is 5.73 Å². The van der Waals surface area contributed by atoms with E-state index in [9.17, 15) is 0 Å². The van der Waals surface area contributed by atoms with Crippen molar-refractivity contribution in [1.82, 2.24) is 4.90 Å². The fourth-order valence-corrected chi connectivity index (χ4v) is 4.09. The van der Waals surface area contributed by atoms with Crippen LogP contribution in [0.5, 0.6) is 0 Å². The second-order valence-corrected chi connectivity index (χ2v) is 6.31. The van der Waals surface area contributed by atoms with Crippen molar-refractivity contribution in [2.45, 2.75) is 24.9 Å². The first-order valence-electron chi connectivity index (χ1n) is 5.95. The zero-order chi connectivity index (χ0) is 12.3. The zero-order valence-electron chi connectivity index (χ0n) is 10.1. The van der Waals surface area contributed by atoms with E-state index in [1.165, 1.54) is 11.3 Å². The molecule has 0 aromatic carbocycles. The molecule has 1 aliphatic heterocycles. The van der Waals surface area contributed by atoms with Crippen molar-refractivity contribution in [3.8, 4) is 0 Å². The maximum absolute atomic E-state index is 6.29. The maximum Gasteiger partial charge on any atom is 0.0594 e. The SMILES string of the molecule is COCCN1CCCC(N)C1c1cc(Br)cs1. The Morgan fingerprint density at radius 2 is 2.47 bits per heavy atom. The van der Waals surface area contributed by atoms with Crippen molar-refractivity contribution in [2.24, 2.45) is 5.73 Å². The lowest BCUT2D eigenvalue weighted by Crippen LogP contribution is -2.46. The Hall–Kier alpha value is 0.0600. The van der Waals surface area contributed by atoms with Crippen LogP contribution >= 0.6 is 27.3 Å². The highest BCUT2D eigenvalue weighted by molar-refractivity contribution is 9.10. The number of nitrogens with two attached hydrogens (primary N) is 1. The number of rotatable bonds is 4. The molecule has 0 saturated carbocycles. The summed E-state index contributed by atoms with van der Waals surface area (Å²) in [6, 6.07) is 2.79. The Morgan fingerprint density at radius 3 is 3.12 bits per heavy atom. The van der Waals surface area contributed by atoms with E-state index in [2.05, 4.69) is 32.3 Å². The Balaban J connectivity index is 2.12. The van der Waals surface area contributed by atoms with Crippen LogP contribution in [0.2, 0.25) is 0 Å². The summed E-state index contributed by atoms with van der Waals surface area (Å²) in [6.45, 7) is 2.86. The molecule has 1 saturated heterocycles. The number of halogens is 1. The lowest BCUT2D eigenvalue weighted by molar-refractivity contribution is 0.0863. The topological polar surface area (TPSA) is 38.5 Å². The first-order valence-corrected chi connectivity index (χ1v) is 7.62. The lowest BCUT2D eigenvalue weighted by atomic mass is 9.96. The molecule has 1 aliphatic rings. The molecule has 2 heterocycles. The van der Waals surface area contributed by atoms with Crippen LogP contribution in [0.1, 0.15) is 23.8 Å². The number of hydrogen-bond donors (Lipinski definition) is 1. The lowest BCUT2D eigenvalue weighted by Gasteiger charge is -2.39. The van der Waals surface area contributed by atoms with Crippen molar-refractivity contribution >= 4 is 27.3 Å². The largest absolute Gasteiger partial charge is 0.383 e. The molecule has 1 aromatic rings. The number of methoxy groups -OCH3 is 1. The second kappa shape index (κ2) is 6.29. The fourth-order valence-electron chi connectivity index (χ4n) is 2.43. The van der Waals surface area contributed by atoms with Gasteiger partial charge in [0.2, 0.25) is 0 Å². The van der Waals surface area contributed by atoms with E-state index in [4.69, 9.17) is 10.5 Å². The highest BCUT2D eigenvalue weighted by Crippen LogP contribution is 2.35. The van der Waals surface area contributed by atoms with Crippen molar-refractivity contribution in [3.63, 3.8) is 0 Å². The van der Waals surface area contributed by atoms with Gasteiger partial charge in [-0.15, -0.1) is 11.3 Å². The maximum atomic E-state index is 6.29. The molecule has 2 unspecified atom stereocenters. The van der Waals surface area contributed by atoms with E-state index in [1.54, 1.807) is 18.4 Å².